The Labute approximate surface area is 345 Å². The number of ether oxygens (including phenoxy) is 11. The summed E-state index contributed by atoms with van der Waals surface area (Å²) in [6, 6.07) is 21.3. The van der Waals surface area contributed by atoms with Crippen LogP contribution in [0.5, 0.6) is 0 Å². The molecule has 0 radical (unpaired) electrons. The molecule has 0 aliphatic carbocycles. The number of rotatable bonds is 41. The Morgan fingerprint density at radius 3 is 0.860 bits per heavy atom. The molecule has 328 valence electrons. The maximum absolute atomic E-state index is 6.85. The van der Waals surface area contributed by atoms with Gasteiger partial charge in [0.05, 0.1) is 145 Å². The standard InChI is InChI=1S/C44H76O12Si/c1-5-6-7-14-19-45-20-21-46-22-23-47-24-25-48-26-27-49-28-29-50-30-31-51-32-33-52-34-35-53-36-37-54-38-39-55-40-41-56-57(44(2,3)4,42-15-10-8-11-16-42)43-17-12-9-13-18-43/h8-13,15-18H,5-7,14,19-41H2,1-4H3. The first-order valence-electron chi connectivity index (χ1n) is 21.1. The van der Waals surface area contributed by atoms with Gasteiger partial charge >= 0.3 is 0 Å². The van der Waals surface area contributed by atoms with Gasteiger partial charge in [-0.25, -0.2) is 0 Å². The Morgan fingerprint density at radius 2 is 0.596 bits per heavy atom. The molecule has 0 bridgehead atoms. The van der Waals surface area contributed by atoms with Crippen LogP contribution in [0, 0.1) is 0 Å². The monoisotopic (exact) mass is 825 g/mol. The normalized spacial score (nSPS) is 12.1. The van der Waals surface area contributed by atoms with Crippen molar-refractivity contribution in [3.05, 3.63) is 60.7 Å². The van der Waals surface area contributed by atoms with Gasteiger partial charge in [-0.15, -0.1) is 0 Å². The second-order valence-electron chi connectivity index (χ2n) is 14.3. The fraction of sp³-hybridized carbons (Fsp3) is 0.727. The summed E-state index contributed by atoms with van der Waals surface area (Å²) in [5.41, 5.74) is 0. The lowest BCUT2D eigenvalue weighted by Crippen LogP contribution is -2.66. The van der Waals surface area contributed by atoms with Gasteiger partial charge in [0.1, 0.15) is 0 Å². The lowest BCUT2D eigenvalue weighted by molar-refractivity contribution is -0.0277. The molecule has 0 fully saturated rings. The topological polar surface area (TPSA) is 111 Å². The second kappa shape index (κ2) is 36.1. The summed E-state index contributed by atoms with van der Waals surface area (Å²) in [7, 11) is -2.54. The first kappa shape index (κ1) is 51.3. The summed E-state index contributed by atoms with van der Waals surface area (Å²) < 4.78 is 68.2. The van der Waals surface area contributed by atoms with Crippen LogP contribution in [0.2, 0.25) is 5.04 Å². The van der Waals surface area contributed by atoms with Gasteiger partial charge in [-0.05, 0) is 21.8 Å². The highest BCUT2D eigenvalue weighted by molar-refractivity contribution is 6.99. The SMILES string of the molecule is CCCCCCOCCOCCOCCOCCOCCOCCOCCOCCOCCOCCOCCO[Si](c1ccccc1)(c1ccccc1)C(C)(C)C. The Morgan fingerprint density at radius 1 is 0.333 bits per heavy atom. The molecule has 0 aliphatic heterocycles. The highest BCUT2D eigenvalue weighted by Crippen LogP contribution is 2.36. The predicted molar refractivity (Wildman–Crippen MR) is 227 cm³/mol. The molecule has 2 aromatic carbocycles. The fourth-order valence-corrected chi connectivity index (χ4v) is 10.5. The average molecular weight is 825 g/mol. The molecule has 0 spiro atoms. The molecule has 0 atom stereocenters. The molecule has 0 aromatic heterocycles. The van der Waals surface area contributed by atoms with Crippen molar-refractivity contribution in [3.63, 3.8) is 0 Å². The maximum Gasteiger partial charge on any atom is 0.261 e. The Kier molecular flexibility index (Phi) is 32.5. The van der Waals surface area contributed by atoms with E-state index in [1.807, 2.05) is 0 Å². The zero-order valence-electron chi connectivity index (χ0n) is 35.8. The summed E-state index contributed by atoms with van der Waals surface area (Å²) in [5.74, 6) is 0. The molecule has 0 N–H and O–H groups in total. The molecule has 0 amide bonds. The van der Waals surface area contributed by atoms with Crippen molar-refractivity contribution in [1.82, 2.24) is 0 Å². The van der Waals surface area contributed by atoms with E-state index in [9.17, 15) is 0 Å². The molecule has 2 rings (SSSR count). The zero-order chi connectivity index (χ0) is 40.8. The lowest BCUT2D eigenvalue weighted by Gasteiger charge is -2.43. The third-order valence-corrected chi connectivity index (χ3v) is 13.9. The van der Waals surface area contributed by atoms with Crippen LogP contribution >= 0.6 is 0 Å². The van der Waals surface area contributed by atoms with Crippen LogP contribution in [-0.2, 0) is 56.5 Å². The van der Waals surface area contributed by atoms with Gasteiger partial charge in [-0.2, -0.15) is 0 Å². The minimum absolute atomic E-state index is 0.0563. The van der Waals surface area contributed by atoms with Gasteiger partial charge in [0.15, 0.2) is 0 Å². The molecule has 12 nitrogen and oxygen atoms in total. The van der Waals surface area contributed by atoms with Gasteiger partial charge in [-0.3, -0.25) is 0 Å². The minimum atomic E-state index is -2.54. The van der Waals surface area contributed by atoms with Crippen LogP contribution in [0.15, 0.2) is 60.7 Å². The molecular formula is C44H76O12Si. The van der Waals surface area contributed by atoms with E-state index in [1.54, 1.807) is 0 Å². The molecule has 2 aromatic rings. The molecular weight excluding hydrogens is 749 g/mol. The van der Waals surface area contributed by atoms with Crippen LogP contribution in [0.4, 0.5) is 0 Å². The molecule has 0 saturated carbocycles. The summed E-state index contributed by atoms with van der Waals surface area (Å²) in [5, 5.41) is 2.48. The van der Waals surface area contributed by atoms with Crippen LogP contribution < -0.4 is 10.4 Å². The third kappa shape index (κ3) is 25.4. The van der Waals surface area contributed by atoms with E-state index in [4.69, 9.17) is 56.5 Å². The lowest BCUT2D eigenvalue weighted by atomic mass is 10.2. The highest BCUT2D eigenvalue weighted by Gasteiger charge is 2.50. The second-order valence-corrected chi connectivity index (χ2v) is 18.6. The first-order valence-corrected chi connectivity index (χ1v) is 23.0. The molecule has 0 unspecified atom stereocenters. The largest absolute Gasteiger partial charge is 0.405 e. The first-order chi connectivity index (χ1) is 28.0. The summed E-state index contributed by atoms with van der Waals surface area (Å²) in [6.45, 7) is 21.5. The summed E-state index contributed by atoms with van der Waals surface area (Å²) >= 11 is 0. The van der Waals surface area contributed by atoms with Gasteiger partial charge in [-0.1, -0.05) is 108 Å². The molecule has 0 aliphatic rings. The molecule has 13 heteroatoms. The van der Waals surface area contributed by atoms with Crippen molar-refractivity contribution in [2.24, 2.45) is 0 Å². The van der Waals surface area contributed by atoms with E-state index >= 15 is 0 Å². The maximum atomic E-state index is 6.85. The van der Waals surface area contributed by atoms with E-state index in [-0.39, 0.29) is 5.04 Å². The minimum Gasteiger partial charge on any atom is -0.405 e. The fourth-order valence-electron chi connectivity index (χ4n) is 5.95. The summed E-state index contributed by atoms with van der Waals surface area (Å²) in [4.78, 5) is 0. The molecule has 0 heterocycles. The highest BCUT2D eigenvalue weighted by atomic mass is 28.4. The van der Waals surface area contributed by atoms with Crippen molar-refractivity contribution >= 4 is 18.7 Å². The zero-order valence-corrected chi connectivity index (χ0v) is 36.8. The van der Waals surface area contributed by atoms with E-state index in [0.29, 0.717) is 145 Å². The smallest absolute Gasteiger partial charge is 0.261 e. The van der Waals surface area contributed by atoms with Gasteiger partial charge in [0.25, 0.3) is 8.32 Å². The van der Waals surface area contributed by atoms with Crippen molar-refractivity contribution < 1.29 is 56.5 Å². The summed E-state index contributed by atoms with van der Waals surface area (Å²) in [6.07, 6.45) is 4.89. The van der Waals surface area contributed by atoms with Crippen molar-refractivity contribution in [2.75, 3.05) is 152 Å². The number of benzene rings is 2. The Balaban J connectivity index is 1.27. The number of unbranched alkanes of at least 4 members (excludes halogenated alkanes) is 3. The van der Waals surface area contributed by atoms with E-state index in [2.05, 4.69) is 88.4 Å². The predicted octanol–water partition coefficient (Wildman–Crippen LogP) is 5.33. The van der Waals surface area contributed by atoms with Gasteiger partial charge in [0.2, 0.25) is 0 Å². The van der Waals surface area contributed by atoms with Gasteiger partial charge in [0, 0.05) is 6.61 Å². The van der Waals surface area contributed by atoms with Crippen LogP contribution in [-0.4, -0.2) is 160 Å². The van der Waals surface area contributed by atoms with Crippen LogP contribution in [0.25, 0.3) is 0 Å². The Bertz CT molecular complexity index is 1090. The van der Waals surface area contributed by atoms with E-state index in [0.717, 1.165) is 13.0 Å². The molecule has 0 saturated heterocycles. The van der Waals surface area contributed by atoms with Crippen molar-refractivity contribution in [3.8, 4) is 0 Å². The van der Waals surface area contributed by atoms with Crippen molar-refractivity contribution in [1.29, 1.82) is 0 Å². The molecule has 57 heavy (non-hydrogen) atoms. The van der Waals surface area contributed by atoms with E-state index in [1.165, 1.54) is 29.6 Å². The Hall–Kier alpha value is -1.82. The van der Waals surface area contributed by atoms with Crippen LogP contribution in [0.1, 0.15) is 53.4 Å². The number of hydrogen-bond donors (Lipinski definition) is 0. The average Bonchev–Trinajstić information content (AvgIpc) is 3.22. The quantitative estimate of drug-likeness (QED) is 0.0640. The van der Waals surface area contributed by atoms with Gasteiger partial charge < -0.3 is 56.5 Å². The third-order valence-electron chi connectivity index (χ3n) is 8.83. The van der Waals surface area contributed by atoms with Crippen molar-refractivity contribution in [2.45, 2.75) is 58.4 Å². The number of hydrogen-bond acceptors (Lipinski definition) is 12. The van der Waals surface area contributed by atoms with Crippen LogP contribution in [0.3, 0.4) is 0 Å². The van der Waals surface area contributed by atoms with E-state index < -0.39 is 8.32 Å².